The van der Waals surface area contributed by atoms with Gasteiger partial charge in [0.05, 0.1) is 5.25 Å². The van der Waals surface area contributed by atoms with Crippen LogP contribution in [0.1, 0.15) is 50.9 Å². The second-order valence-electron chi connectivity index (χ2n) is 6.60. The molecule has 0 radical (unpaired) electrons. The second-order valence-corrected chi connectivity index (χ2v) is 8.78. The van der Waals surface area contributed by atoms with Gasteiger partial charge in [0.1, 0.15) is 5.82 Å². The molecule has 1 N–H and O–H groups in total. The van der Waals surface area contributed by atoms with Crippen LogP contribution in [0.4, 0.5) is 5.69 Å². The summed E-state index contributed by atoms with van der Waals surface area (Å²) in [5.74, 6) is 0.790. The van der Waals surface area contributed by atoms with E-state index >= 15 is 0 Å². The van der Waals surface area contributed by atoms with Gasteiger partial charge in [-0.25, -0.2) is 0 Å². The van der Waals surface area contributed by atoms with Crippen LogP contribution >= 0.6 is 35.0 Å². The molecule has 5 nitrogen and oxygen atoms in total. The van der Waals surface area contributed by atoms with Crippen LogP contribution in [0.3, 0.4) is 0 Å². The average Bonchev–Trinajstić information content (AvgIpc) is 2.95. The molecule has 0 bridgehead atoms. The Kier molecular flexibility index (Phi) is 6.48. The van der Waals surface area contributed by atoms with Gasteiger partial charge in [0.2, 0.25) is 5.91 Å². The third kappa shape index (κ3) is 4.72. The Morgan fingerprint density at radius 2 is 1.85 bits per heavy atom. The van der Waals surface area contributed by atoms with Crippen molar-refractivity contribution in [1.29, 1.82) is 0 Å². The number of thioether (sulfide) groups is 1. The van der Waals surface area contributed by atoms with Crippen LogP contribution < -0.4 is 5.32 Å². The number of hydrogen-bond acceptors (Lipinski definition) is 4. The summed E-state index contributed by atoms with van der Waals surface area (Å²) in [6, 6.07) is 5.42. The van der Waals surface area contributed by atoms with Crippen molar-refractivity contribution in [3.63, 3.8) is 0 Å². The Hall–Kier alpha value is -1.24. The molecule has 26 heavy (non-hydrogen) atoms. The van der Waals surface area contributed by atoms with Crippen molar-refractivity contribution < 1.29 is 4.79 Å². The summed E-state index contributed by atoms with van der Waals surface area (Å²) in [5, 5.41) is 12.9. The smallest absolute Gasteiger partial charge is 0.237 e. The molecule has 2 aromatic rings. The Morgan fingerprint density at radius 3 is 2.50 bits per heavy atom. The number of carbonyl (C=O) groups excluding carboxylic acids is 1. The minimum absolute atomic E-state index is 0.121. The van der Waals surface area contributed by atoms with Crippen molar-refractivity contribution in [3.05, 3.63) is 34.1 Å². The number of aromatic nitrogens is 3. The van der Waals surface area contributed by atoms with E-state index in [1.807, 2.05) is 13.8 Å². The van der Waals surface area contributed by atoms with Gasteiger partial charge in [-0.3, -0.25) is 4.79 Å². The molecule has 1 amide bonds. The molecule has 1 heterocycles. The Labute approximate surface area is 167 Å². The highest BCUT2D eigenvalue weighted by atomic mass is 35.5. The van der Waals surface area contributed by atoms with Gasteiger partial charge in [-0.2, -0.15) is 0 Å². The number of aryl methyl sites for hydroxylation is 1. The summed E-state index contributed by atoms with van der Waals surface area (Å²) in [4.78, 5) is 12.6. The topological polar surface area (TPSA) is 59.8 Å². The lowest BCUT2D eigenvalue weighted by Gasteiger charge is -2.25. The highest BCUT2D eigenvalue weighted by Crippen LogP contribution is 2.34. The van der Waals surface area contributed by atoms with Gasteiger partial charge in [-0.15, -0.1) is 10.2 Å². The van der Waals surface area contributed by atoms with Gasteiger partial charge in [-0.05, 0) is 44.9 Å². The lowest BCUT2D eigenvalue weighted by atomic mass is 9.95. The molecular formula is C18H22Cl2N4OS. The normalized spacial score (nSPS) is 16.5. The first-order valence-corrected chi connectivity index (χ1v) is 10.4. The Bertz CT molecular complexity index is 769. The van der Waals surface area contributed by atoms with E-state index in [9.17, 15) is 4.79 Å². The number of anilines is 1. The van der Waals surface area contributed by atoms with Crippen LogP contribution in [0.25, 0.3) is 0 Å². The molecule has 1 aliphatic carbocycles. The summed E-state index contributed by atoms with van der Waals surface area (Å²) in [6.45, 7) is 3.84. The third-order valence-electron chi connectivity index (χ3n) is 4.56. The SMILES string of the molecule is Cc1nnc(S[C@@H](C)C(=O)Nc2cc(Cl)cc(Cl)c2)n1C1CCCCC1. The number of carbonyl (C=O) groups is 1. The maximum absolute atomic E-state index is 12.6. The number of benzene rings is 1. The summed E-state index contributed by atoms with van der Waals surface area (Å²) in [5.41, 5.74) is 0.588. The maximum atomic E-state index is 12.6. The van der Waals surface area contributed by atoms with Crippen LogP contribution in [0.5, 0.6) is 0 Å². The van der Waals surface area contributed by atoms with Crippen LogP contribution in [0.15, 0.2) is 23.4 Å². The lowest BCUT2D eigenvalue weighted by Crippen LogP contribution is -2.23. The van der Waals surface area contributed by atoms with E-state index in [0.717, 1.165) is 23.8 Å². The number of hydrogen-bond donors (Lipinski definition) is 1. The zero-order valence-corrected chi connectivity index (χ0v) is 17.2. The zero-order valence-electron chi connectivity index (χ0n) is 14.8. The van der Waals surface area contributed by atoms with Crippen molar-refractivity contribution in [1.82, 2.24) is 14.8 Å². The number of amides is 1. The highest BCUT2D eigenvalue weighted by Gasteiger charge is 2.24. The molecule has 1 atom stereocenters. The van der Waals surface area contributed by atoms with E-state index in [0.29, 0.717) is 21.8 Å². The van der Waals surface area contributed by atoms with Crippen LogP contribution in [0.2, 0.25) is 10.0 Å². The van der Waals surface area contributed by atoms with Gasteiger partial charge in [-0.1, -0.05) is 54.2 Å². The summed E-state index contributed by atoms with van der Waals surface area (Å²) in [7, 11) is 0. The minimum atomic E-state index is -0.321. The predicted molar refractivity (Wildman–Crippen MR) is 107 cm³/mol. The first kappa shape index (κ1) is 19.5. The Morgan fingerprint density at radius 1 is 1.19 bits per heavy atom. The van der Waals surface area contributed by atoms with E-state index in [-0.39, 0.29) is 11.2 Å². The maximum Gasteiger partial charge on any atom is 0.237 e. The minimum Gasteiger partial charge on any atom is -0.325 e. The van der Waals surface area contributed by atoms with E-state index in [2.05, 4.69) is 20.1 Å². The van der Waals surface area contributed by atoms with E-state index < -0.39 is 0 Å². The quantitative estimate of drug-likeness (QED) is 0.656. The molecular weight excluding hydrogens is 391 g/mol. The van der Waals surface area contributed by atoms with Gasteiger partial charge in [0.15, 0.2) is 5.16 Å². The molecule has 0 unspecified atom stereocenters. The second kappa shape index (κ2) is 8.63. The fourth-order valence-electron chi connectivity index (χ4n) is 3.27. The molecule has 1 aromatic heterocycles. The monoisotopic (exact) mass is 412 g/mol. The molecule has 1 saturated carbocycles. The number of nitrogens with one attached hydrogen (secondary N) is 1. The van der Waals surface area contributed by atoms with Crippen molar-refractivity contribution in [3.8, 4) is 0 Å². The molecule has 140 valence electrons. The largest absolute Gasteiger partial charge is 0.325 e. The van der Waals surface area contributed by atoms with Crippen LogP contribution in [-0.2, 0) is 4.79 Å². The average molecular weight is 413 g/mol. The van der Waals surface area contributed by atoms with E-state index in [4.69, 9.17) is 23.2 Å². The third-order valence-corrected chi connectivity index (χ3v) is 6.05. The van der Waals surface area contributed by atoms with E-state index in [1.165, 1.54) is 31.0 Å². The summed E-state index contributed by atoms with van der Waals surface area (Å²) in [6.07, 6.45) is 6.05. The van der Waals surface area contributed by atoms with Gasteiger partial charge in [0, 0.05) is 21.8 Å². The molecule has 1 aliphatic rings. The van der Waals surface area contributed by atoms with Gasteiger partial charge < -0.3 is 9.88 Å². The fraction of sp³-hybridized carbons (Fsp3) is 0.500. The van der Waals surface area contributed by atoms with Crippen molar-refractivity contribution >= 4 is 46.6 Å². The summed E-state index contributed by atoms with van der Waals surface area (Å²) < 4.78 is 2.20. The molecule has 0 saturated heterocycles. The molecule has 3 rings (SSSR count). The Balaban J connectivity index is 1.69. The number of nitrogens with zero attached hydrogens (tertiary/aromatic N) is 3. The molecule has 0 spiro atoms. The molecule has 0 aliphatic heterocycles. The summed E-state index contributed by atoms with van der Waals surface area (Å²) >= 11 is 13.4. The van der Waals surface area contributed by atoms with Gasteiger partial charge >= 0.3 is 0 Å². The van der Waals surface area contributed by atoms with Crippen LogP contribution in [0, 0.1) is 6.92 Å². The fourth-order valence-corrected chi connectivity index (χ4v) is 4.76. The first-order chi connectivity index (χ1) is 12.4. The number of halogens is 2. The zero-order chi connectivity index (χ0) is 18.7. The van der Waals surface area contributed by atoms with Crippen molar-refractivity contribution in [2.24, 2.45) is 0 Å². The molecule has 1 aromatic carbocycles. The predicted octanol–water partition coefficient (Wildman–Crippen LogP) is 5.52. The lowest BCUT2D eigenvalue weighted by molar-refractivity contribution is -0.115. The van der Waals surface area contributed by atoms with Crippen molar-refractivity contribution in [2.75, 3.05) is 5.32 Å². The highest BCUT2D eigenvalue weighted by molar-refractivity contribution is 8.00. The van der Waals surface area contributed by atoms with Crippen molar-refractivity contribution in [2.45, 2.75) is 62.4 Å². The van der Waals surface area contributed by atoms with Crippen LogP contribution in [-0.4, -0.2) is 25.9 Å². The van der Waals surface area contributed by atoms with E-state index in [1.54, 1.807) is 18.2 Å². The standard InChI is InChI=1S/C18H22Cl2N4OS/c1-11(17(25)21-15-9-13(19)8-14(20)10-15)26-18-23-22-12(2)24(18)16-6-4-3-5-7-16/h8-11,16H,3-7H2,1-2H3,(H,21,25)/t11-/m0/s1. The first-order valence-electron chi connectivity index (χ1n) is 8.79. The molecule has 1 fully saturated rings. The number of rotatable bonds is 5. The van der Waals surface area contributed by atoms with Gasteiger partial charge in [0.25, 0.3) is 0 Å². The molecule has 8 heteroatoms.